The first kappa shape index (κ1) is 11.4. The first-order valence-electron chi connectivity index (χ1n) is 7.34. The van der Waals surface area contributed by atoms with Gasteiger partial charge in [0.15, 0.2) is 0 Å². The summed E-state index contributed by atoms with van der Waals surface area (Å²) in [5.41, 5.74) is 3.24. The van der Waals surface area contributed by atoms with Gasteiger partial charge in [-0.05, 0) is 67.4 Å². The van der Waals surface area contributed by atoms with Crippen LogP contribution < -0.4 is 5.32 Å². The fourth-order valence-corrected chi connectivity index (χ4v) is 6.04. The van der Waals surface area contributed by atoms with Crippen molar-refractivity contribution < 1.29 is 0 Å². The van der Waals surface area contributed by atoms with Gasteiger partial charge in [0.2, 0.25) is 0 Å². The van der Waals surface area contributed by atoms with Crippen molar-refractivity contribution in [2.75, 3.05) is 12.3 Å². The molecule has 4 rings (SSSR count). The molecule has 1 heterocycles. The van der Waals surface area contributed by atoms with Crippen LogP contribution in [0.4, 0.5) is 0 Å². The topological polar surface area (TPSA) is 12.0 Å². The van der Waals surface area contributed by atoms with E-state index in [2.05, 4.69) is 41.3 Å². The van der Waals surface area contributed by atoms with E-state index in [0.29, 0.717) is 4.87 Å². The van der Waals surface area contributed by atoms with Crippen LogP contribution in [-0.2, 0) is 12.8 Å². The van der Waals surface area contributed by atoms with Crippen molar-refractivity contribution in [3.63, 3.8) is 0 Å². The zero-order valence-electron chi connectivity index (χ0n) is 10.8. The number of thioether (sulfide) groups is 1. The molecule has 2 bridgehead atoms. The van der Waals surface area contributed by atoms with E-state index in [1.807, 2.05) is 0 Å². The van der Waals surface area contributed by atoms with Crippen LogP contribution in [0.3, 0.4) is 0 Å². The second-order valence-electron chi connectivity index (χ2n) is 6.07. The zero-order chi connectivity index (χ0) is 12.0. The summed E-state index contributed by atoms with van der Waals surface area (Å²) < 4.78 is 0. The maximum atomic E-state index is 3.93. The lowest BCUT2D eigenvalue weighted by molar-refractivity contribution is 0.294. The molecule has 2 heteroatoms. The molecule has 1 spiro atoms. The minimum Gasteiger partial charge on any atom is -0.302 e. The van der Waals surface area contributed by atoms with Gasteiger partial charge in [-0.15, -0.1) is 11.8 Å². The van der Waals surface area contributed by atoms with Crippen molar-refractivity contribution in [1.29, 1.82) is 0 Å². The molecule has 18 heavy (non-hydrogen) atoms. The maximum Gasteiger partial charge on any atom is 0.0708 e. The number of fused-ring (bicyclic) bond motifs is 1. The van der Waals surface area contributed by atoms with Gasteiger partial charge in [-0.3, -0.25) is 0 Å². The van der Waals surface area contributed by atoms with Crippen molar-refractivity contribution in [3.05, 3.63) is 35.4 Å². The van der Waals surface area contributed by atoms with Crippen molar-refractivity contribution in [2.24, 2.45) is 11.8 Å². The van der Waals surface area contributed by atoms with E-state index >= 15 is 0 Å². The largest absolute Gasteiger partial charge is 0.302 e. The summed E-state index contributed by atoms with van der Waals surface area (Å²) >= 11 is 2.24. The van der Waals surface area contributed by atoms with Crippen molar-refractivity contribution in [1.82, 2.24) is 5.32 Å². The van der Waals surface area contributed by atoms with Gasteiger partial charge in [0.1, 0.15) is 0 Å². The number of nitrogens with one attached hydrogen (secondary N) is 1. The molecule has 1 nitrogen and oxygen atoms in total. The van der Waals surface area contributed by atoms with Crippen LogP contribution in [0, 0.1) is 11.8 Å². The van der Waals surface area contributed by atoms with E-state index in [1.54, 1.807) is 11.1 Å². The zero-order valence-corrected chi connectivity index (χ0v) is 11.6. The molecule has 96 valence electrons. The summed E-state index contributed by atoms with van der Waals surface area (Å²) in [7, 11) is 0. The fourth-order valence-electron chi connectivity index (χ4n) is 4.33. The standard InChI is InChI=1S/C16H21NS/c1-2-5-13-11-15-7-6-14(10-12(13)4-1)16(15)17-8-3-9-18-16/h1-2,4-5,14-15,17H,3,6-11H2. The van der Waals surface area contributed by atoms with Crippen molar-refractivity contribution in [3.8, 4) is 0 Å². The smallest absolute Gasteiger partial charge is 0.0708 e. The van der Waals surface area contributed by atoms with E-state index in [4.69, 9.17) is 0 Å². The summed E-state index contributed by atoms with van der Waals surface area (Å²) in [5.74, 6) is 3.07. The van der Waals surface area contributed by atoms with Crippen LogP contribution in [0.5, 0.6) is 0 Å². The van der Waals surface area contributed by atoms with Gasteiger partial charge in [-0.2, -0.15) is 0 Å². The van der Waals surface area contributed by atoms with Gasteiger partial charge >= 0.3 is 0 Å². The summed E-state index contributed by atoms with van der Waals surface area (Å²) in [6.07, 6.45) is 6.80. The normalized spacial score (nSPS) is 38.4. The molecule has 2 fully saturated rings. The third-order valence-electron chi connectivity index (χ3n) is 5.19. The lowest BCUT2D eigenvalue weighted by Gasteiger charge is -2.42. The summed E-state index contributed by atoms with van der Waals surface area (Å²) in [5, 5.41) is 3.93. The van der Waals surface area contributed by atoms with Crippen molar-refractivity contribution in [2.45, 2.75) is 37.0 Å². The number of hydrogen-bond donors (Lipinski definition) is 1. The Morgan fingerprint density at radius 1 is 1.06 bits per heavy atom. The molecule has 0 aromatic heterocycles. The lowest BCUT2D eigenvalue weighted by atomic mass is 9.94. The fraction of sp³-hybridized carbons (Fsp3) is 0.625. The van der Waals surface area contributed by atoms with E-state index in [-0.39, 0.29) is 0 Å². The third kappa shape index (κ3) is 1.58. The van der Waals surface area contributed by atoms with Crippen LogP contribution in [-0.4, -0.2) is 17.2 Å². The minimum atomic E-state index is 0.414. The van der Waals surface area contributed by atoms with E-state index in [9.17, 15) is 0 Å². The molecule has 0 amide bonds. The van der Waals surface area contributed by atoms with E-state index < -0.39 is 0 Å². The molecule has 3 aliphatic rings. The monoisotopic (exact) mass is 259 g/mol. The third-order valence-corrected chi connectivity index (χ3v) is 6.97. The Hall–Kier alpha value is -0.470. The highest BCUT2D eigenvalue weighted by Crippen LogP contribution is 2.53. The first-order valence-corrected chi connectivity index (χ1v) is 8.33. The number of hydrogen-bond acceptors (Lipinski definition) is 2. The van der Waals surface area contributed by atoms with Gasteiger partial charge in [0.05, 0.1) is 4.87 Å². The summed E-state index contributed by atoms with van der Waals surface area (Å²) in [6.45, 7) is 1.23. The molecule has 1 N–H and O–H groups in total. The van der Waals surface area contributed by atoms with Crippen LogP contribution >= 0.6 is 11.8 Å². The lowest BCUT2D eigenvalue weighted by Crippen LogP contribution is -2.53. The Labute approximate surface area is 114 Å². The summed E-state index contributed by atoms with van der Waals surface area (Å²) in [6, 6.07) is 9.15. The molecule has 1 aliphatic heterocycles. The molecule has 2 unspecified atom stereocenters. The maximum absolute atomic E-state index is 3.93. The Kier molecular flexibility index (Phi) is 2.70. The second kappa shape index (κ2) is 4.28. The highest BCUT2D eigenvalue weighted by molar-refractivity contribution is 8.00. The molecular weight excluding hydrogens is 238 g/mol. The molecular formula is C16H21NS. The second-order valence-corrected chi connectivity index (χ2v) is 7.44. The average Bonchev–Trinajstić information content (AvgIpc) is 2.63. The Balaban J connectivity index is 1.74. The molecule has 2 aliphatic carbocycles. The quantitative estimate of drug-likeness (QED) is 0.767. The van der Waals surface area contributed by atoms with Crippen molar-refractivity contribution >= 4 is 11.8 Å². The van der Waals surface area contributed by atoms with Crippen LogP contribution in [0.2, 0.25) is 0 Å². The van der Waals surface area contributed by atoms with Gasteiger partial charge in [-0.25, -0.2) is 0 Å². The van der Waals surface area contributed by atoms with Gasteiger partial charge in [-0.1, -0.05) is 24.3 Å². The number of rotatable bonds is 0. The SMILES string of the molecule is c1ccc2c(c1)CC1CCC(C2)C12NCCCS2. The molecule has 0 radical (unpaired) electrons. The highest BCUT2D eigenvalue weighted by Gasteiger charge is 2.52. The molecule has 1 saturated carbocycles. The molecule has 1 aromatic rings. The van der Waals surface area contributed by atoms with Crippen LogP contribution in [0.15, 0.2) is 24.3 Å². The Morgan fingerprint density at radius 2 is 1.72 bits per heavy atom. The number of benzene rings is 1. The molecule has 1 aromatic carbocycles. The summed E-state index contributed by atoms with van der Waals surface area (Å²) in [4.78, 5) is 0.414. The van der Waals surface area contributed by atoms with Gasteiger partial charge in [0.25, 0.3) is 0 Å². The Bertz CT molecular complexity index is 415. The molecule has 1 saturated heterocycles. The predicted octanol–water partition coefficient (Wildman–Crippen LogP) is 3.23. The minimum absolute atomic E-state index is 0.414. The van der Waals surface area contributed by atoms with E-state index in [0.717, 1.165) is 11.8 Å². The van der Waals surface area contributed by atoms with Crippen LogP contribution in [0.25, 0.3) is 0 Å². The highest BCUT2D eigenvalue weighted by atomic mass is 32.2. The Morgan fingerprint density at radius 3 is 2.28 bits per heavy atom. The van der Waals surface area contributed by atoms with Gasteiger partial charge < -0.3 is 5.32 Å². The van der Waals surface area contributed by atoms with E-state index in [1.165, 1.54) is 44.4 Å². The average molecular weight is 259 g/mol. The predicted molar refractivity (Wildman–Crippen MR) is 77.9 cm³/mol. The van der Waals surface area contributed by atoms with Crippen LogP contribution in [0.1, 0.15) is 30.4 Å². The molecule has 2 atom stereocenters. The van der Waals surface area contributed by atoms with Gasteiger partial charge in [0, 0.05) is 0 Å². The first-order chi connectivity index (χ1) is 8.88.